The zero-order valence-electron chi connectivity index (χ0n) is 27.5. The summed E-state index contributed by atoms with van der Waals surface area (Å²) in [5, 5.41) is 23.1. The molecule has 1 aliphatic heterocycles. The fraction of sp³-hybridized carbons (Fsp3) is 0.559. The number of rotatable bonds is 15. The Kier molecular flexibility index (Phi) is 12.1. The number of benzene rings is 2. The van der Waals surface area contributed by atoms with Crippen molar-refractivity contribution in [2.75, 3.05) is 33.9 Å². The highest BCUT2D eigenvalue weighted by molar-refractivity contribution is 7.97. The molecule has 1 saturated carbocycles. The first-order chi connectivity index (χ1) is 21.4. The van der Waals surface area contributed by atoms with E-state index in [4.69, 9.17) is 30.1 Å². The summed E-state index contributed by atoms with van der Waals surface area (Å²) < 4.78 is 25.8. The highest BCUT2D eigenvalue weighted by atomic mass is 32.2. The highest BCUT2D eigenvalue weighted by Crippen LogP contribution is 2.40. The average Bonchev–Trinajstić information content (AvgIpc) is 3.51. The zero-order valence-corrected chi connectivity index (χ0v) is 28.4. The van der Waals surface area contributed by atoms with Crippen LogP contribution in [0.1, 0.15) is 51.2 Å². The van der Waals surface area contributed by atoms with Crippen molar-refractivity contribution in [3.63, 3.8) is 0 Å². The van der Waals surface area contributed by atoms with Crippen LogP contribution in [0.5, 0.6) is 11.5 Å². The summed E-state index contributed by atoms with van der Waals surface area (Å²) in [6.45, 7) is 14.1. The van der Waals surface area contributed by atoms with E-state index in [2.05, 4.69) is 48.2 Å². The minimum absolute atomic E-state index is 0.00744. The van der Waals surface area contributed by atoms with Gasteiger partial charge in [-0.1, -0.05) is 18.2 Å². The molecular weight excluding hydrogens is 590 g/mol. The lowest BCUT2D eigenvalue weighted by Gasteiger charge is -2.34. The Balaban J connectivity index is 1.49. The molecule has 2 aromatic rings. The number of ether oxygens (including phenoxy) is 4. The van der Waals surface area contributed by atoms with Gasteiger partial charge in [0.25, 0.3) is 6.02 Å². The second-order valence-corrected chi connectivity index (χ2v) is 13.6. The molecule has 0 bridgehead atoms. The molecule has 5 N–H and O–H groups in total. The van der Waals surface area contributed by atoms with Gasteiger partial charge in [0.05, 0.1) is 30.4 Å². The smallest absolute Gasteiger partial charge is 0.289 e. The van der Waals surface area contributed by atoms with Gasteiger partial charge in [-0.2, -0.15) is 0 Å². The summed E-state index contributed by atoms with van der Waals surface area (Å²) in [5.74, 6) is 1.83. The van der Waals surface area contributed by atoms with Crippen LogP contribution in [0, 0.1) is 12.3 Å². The Morgan fingerprint density at radius 3 is 2.62 bits per heavy atom. The van der Waals surface area contributed by atoms with Gasteiger partial charge in [-0.3, -0.25) is 5.41 Å². The molecule has 1 heterocycles. The van der Waals surface area contributed by atoms with Gasteiger partial charge < -0.3 is 40.0 Å². The molecule has 2 aromatic carbocycles. The molecule has 0 spiro atoms. The number of nitrogens with two attached hydrogens (primary N) is 1. The summed E-state index contributed by atoms with van der Waals surface area (Å²) >= 11 is 1.60. The average molecular weight is 642 g/mol. The first-order valence-electron chi connectivity index (χ1n) is 15.8. The van der Waals surface area contributed by atoms with E-state index < -0.39 is 17.7 Å². The van der Waals surface area contributed by atoms with Crippen molar-refractivity contribution in [1.29, 1.82) is 5.41 Å². The fourth-order valence-electron chi connectivity index (χ4n) is 5.75. The van der Waals surface area contributed by atoms with E-state index in [1.54, 1.807) is 30.9 Å². The summed E-state index contributed by atoms with van der Waals surface area (Å²) in [7, 11) is 3.52. The van der Waals surface area contributed by atoms with Crippen LogP contribution in [-0.4, -0.2) is 90.1 Å². The Morgan fingerprint density at radius 1 is 1.22 bits per heavy atom. The summed E-state index contributed by atoms with van der Waals surface area (Å²) in [6, 6.07) is 13.6. The van der Waals surface area contributed by atoms with E-state index >= 15 is 0 Å². The van der Waals surface area contributed by atoms with E-state index in [9.17, 15) is 5.11 Å². The molecule has 0 radical (unpaired) electrons. The topological polar surface area (TPSA) is 126 Å². The lowest BCUT2D eigenvalue weighted by atomic mass is 9.93. The fourth-order valence-corrected chi connectivity index (χ4v) is 6.75. The first kappa shape index (κ1) is 34.9. The number of hydrogen-bond donors (Lipinski definition) is 4. The predicted molar refractivity (Wildman–Crippen MR) is 180 cm³/mol. The monoisotopic (exact) mass is 641 g/mol. The quantitative estimate of drug-likeness (QED) is 0.0943. The SMILES string of the molecule is C=C(NC(Cc1ccc(OC(=N)N(C)C)cc1)C(O)CN(Sc1ccc(C)c(OCC)c1)C(C)C)OC1CC[C@H]2OCC[C@@]12N. The molecule has 0 aromatic heterocycles. The number of aryl methyl sites for hydroxylation is 1. The summed E-state index contributed by atoms with van der Waals surface area (Å²) in [5.41, 5.74) is 8.30. The molecule has 11 heteroatoms. The van der Waals surface area contributed by atoms with Crippen LogP contribution in [0.2, 0.25) is 0 Å². The molecule has 248 valence electrons. The van der Waals surface area contributed by atoms with Crippen molar-refractivity contribution >= 4 is 18.0 Å². The van der Waals surface area contributed by atoms with Gasteiger partial charge in [-0.15, -0.1) is 0 Å². The number of aliphatic hydroxyl groups excluding tert-OH is 1. The van der Waals surface area contributed by atoms with Gasteiger partial charge >= 0.3 is 0 Å². The number of nitrogens with one attached hydrogen (secondary N) is 2. The normalized spacial score (nSPS) is 22.2. The van der Waals surface area contributed by atoms with Gasteiger partial charge in [0.2, 0.25) is 0 Å². The summed E-state index contributed by atoms with van der Waals surface area (Å²) in [4.78, 5) is 2.64. The molecular formula is C34H51N5O5S. The van der Waals surface area contributed by atoms with Crippen molar-refractivity contribution in [3.8, 4) is 11.5 Å². The highest BCUT2D eigenvalue weighted by Gasteiger charge is 2.53. The maximum absolute atomic E-state index is 11.8. The molecule has 0 amide bonds. The van der Waals surface area contributed by atoms with E-state index in [-0.39, 0.29) is 24.3 Å². The Bertz CT molecular complexity index is 1290. The maximum atomic E-state index is 11.8. The number of aliphatic hydroxyl groups is 1. The van der Waals surface area contributed by atoms with Crippen molar-refractivity contribution < 1.29 is 24.1 Å². The molecule has 10 nitrogen and oxygen atoms in total. The minimum atomic E-state index is -0.770. The lowest BCUT2D eigenvalue weighted by Crippen LogP contribution is -2.53. The van der Waals surface area contributed by atoms with Gasteiger partial charge in [-0.25, -0.2) is 4.31 Å². The van der Waals surface area contributed by atoms with Gasteiger partial charge in [-0.05, 0) is 107 Å². The molecule has 45 heavy (non-hydrogen) atoms. The van der Waals surface area contributed by atoms with Gasteiger partial charge in [0, 0.05) is 38.2 Å². The standard InChI is InChI=1S/C34H51N5O5S/c1-8-41-30-20-27(14-9-23(30)4)45-39(22(2)3)21-29(40)28(19-25-10-12-26(13-11-25)44-33(35)38(6)7)37-24(5)43-32-16-15-31-34(32,36)17-18-42-31/h9-14,20,22,28-29,31-32,35,37,40H,5,8,15-19,21,36H2,1-4,6-7H3/t28?,29?,31-,32?,34+/m1/s1. The van der Waals surface area contributed by atoms with Gasteiger partial charge in [0.1, 0.15) is 17.6 Å². The van der Waals surface area contributed by atoms with Crippen LogP contribution in [-0.2, 0) is 15.9 Å². The van der Waals surface area contributed by atoms with E-state index in [1.807, 2.05) is 38.1 Å². The minimum Gasteiger partial charge on any atom is -0.494 e. The van der Waals surface area contributed by atoms with E-state index in [1.165, 1.54) is 0 Å². The number of amidine groups is 1. The van der Waals surface area contributed by atoms with Crippen LogP contribution in [0.15, 0.2) is 59.8 Å². The van der Waals surface area contributed by atoms with E-state index in [0.29, 0.717) is 37.8 Å². The molecule has 1 aliphatic carbocycles. The van der Waals surface area contributed by atoms with Crippen molar-refractivity contribution in [3.05, 3.63) is 66.1 Å². The molecule has 5 atom stereocenters. The van der Waals surface area contributed by atoms with E-state index in [0.717, 1.165) is 41.0 Å². The van der Waals surface area contributed by atoms with Crippen LogP contribution < -0.4 is 20.5 Å². The largest absolute Gasteiger partial charge is 0.494 e. The zero-order chi connectivity index (χ0) is 32.7. The molecule has 4 rings (SSSR count). The predicted octanol–water partition coefficient (Wildman–Crippen LogP) is 4.68. The molecule has 3 unspecified atom stereocenters. The Labute approximate surface area is 272 Å². The first-order valence-corrected chi connectivity index (χ1v) is 16.6. The molecule has 2 fully saturated rings. The van der Waals surface area contributed by atoms with Crippen LogP contribution in [0.25, 0.3) is 0 Å². The van der Waals surface area contributed by atoms with Crippen LogP contribution in [0.3, 0.4) is 0 Å². The third kappa shape index (κ3) is 9.07. The number of fused-ring (bicyclic) bond motifs is 1. The lowest BCUT2D eigenvalue weighted by molar-refractivity contribution is 0.0270. The maximum Gasteiger partial charge on any atom is 0.289 e. The number of hydrogen-bond acceptors (Lipinski definition) is 10. The second kappa shape index (κ2) is 15.6. The van der Waals surface area contributed by atoms with Gasteiger partial charge in [0.15, 0.2) is 5.88 Å². The third-order valence-corrected chi connectivity index (χ3v) is 9.73. The van der Waals surface area contributed by atoms with Crippen molar-refractivity contribution in [2.45, 2.75) is 94.2 Å². The third-order valence-electron chi connectivity index (χ3n) is 8.46. The second-order valence-electron chi connectivity index (χ2n) is 12.4. The summed E-state index contributed by atoms with van der Waals surface area (Å²) in [6.07, 6.45) is 1.97. The molecule has 1 saturated heterocycles. The van der Waals surface area contributed by atoms with Crippen molar-refractivity contribution in [2.24, 2.45) is 5.73 Å². The van der Waals surface area contributed by atoms with Crippen LogP contribution in [0.4, 0.5) is 0 Å². The van der Waals surface area contributed by atoms with Crippen molar-refractivity contribution in [1.82, 2.24) is 14.5 Å². The van der Waals surface area contributed by atoms with Crippen LogP contribution >= 0.6 is 11.9 Å². The number of nitrogens with zero attached hydrogens (tertiary/aromatic N) is 2. The Morgan fingerprint density at radius 2 is 1.96 bits per heavy atom. The molecule has 2 aliphatic rings. The Hall–Kier alpha value is -2.96.